The molecule has 3 rings (SSSR count). The van der Waals surface area contributed by atoms with Gasteiger partial charge in [-0.05, 0) is 43.4 Å². The van der Waals surface area contributed by atoms with Crippen molar-refractivity contribution in [3.05, 3.63) is 45.4 Å². The van der Waals surface area contributed by atoms with Crippen LogP contribution in [0.3, 0.4) is 0 Å². The van der Waals surface area contributed by atoms with Crippen LogP contribution in [0.1, 0.15) is 43.4 Å². The average Bonchev–Trinajstić information content (AvgIpc) is 3.16. The molecule has 1 aliphatic rings. The summed E-state index contributed by atoms with van der Waals surface area (Å²) in [5, 5.41) is 12.8. The number of hydrogen-bond acceptors (Lipinski definition) is 4. The van der Waals surface area contributed by atoms with Crippen LogP contribution >= 0.6 is 11.3 Å². The Kier molecular flexibility index (Phi) is 3.94. The first-order valence-corrected chi connectivity index (χ1v) is 7.94. The van der Waals surface area contributed by atoms with E-state index in [1.165, 1.54) is 36.3 Å². The molecule has 2 N–H and O–H groups in total. The van der Waals surface area contributed by atoms with Crippen LogP contribution in [0, 0.1) is 12.8 Å². The Labute approximate surface area is 132 Å². The Bertz CT molecular complexity index is 735. The Balaban J connectivity index is 1.74. The van der Waals surface area contributed by atoms with E-state index in [2.05, 4.69) is 10.3 Å². The Morgan fingerprint density at radius 3 is 2.86 bits per heavy atom. The van der Waals surface area contributed by atoms with Crippen LogP contribution in [-0.2, 0) is 6.42 Å². The first-order chi connectivity index (χ1) is 10.5. The zero-order chi connectivity index (χ0) is 15.7. The van der Waals surface area contributed by atoms with Gasteiger partial charge in [-0.3, -0.25) is 4.79 Å². The number of rotatable bonds is 5. The third kappa shape index (κ3) is 3.33. The van der Waals surface area contributed by atoms with Crippen LogP contribution in [0.15, 0.2) is 24.4 Å². The molecule has 1 aromatic carbocycles. The van der Waals surface area contributed by atoms with Crippen molar-refractivity contribution < 1.29 is 14.7 Å². The quantitative estimate of drug-likeness (QED) is 0.886. The number of thiazole rings is 1. The number of amides is 1. The van der Waals surface area contributed by atoms with Crippen LogP contribution in [0.5, 0.6) is 0 Å². The van der Waals surface area contributed by atoms with Crippen molar-refractivity contribution in [1.82, 2.24) is 4.98 Å². The zero-order valence-electron chi connectivity index (χ0n) is 12.1. The van der Waals surface area contributed by atoms with Crippen molar-refractivity contribution >= 4 is 28.9 Å². The largest absolute Gasteiger partial charge is 0.478 e. The second kappa shape index (κ2) is 5.88. The van der Waals surface area contributed by atoms with Gasteiger partial charge in [-0.1, -0.05) is 6.07 Å². The maximum absolute atomic E-state index is 12.3. The molecular formula is C16H16N2O3S. The molecule has 1 fully saturated rings. The molecule has 0 aliphatic heterocycles. The maximum atomic E-state index is 12.3. The van der Waals surface area contributed by atoms with E-state index < -0.39 is 5.97 Å². The van der Waals surface area contributed by atoms with Gasteiger partial charge < -0.3 is 10.4 Å². The van der Waals surface area contributed by atoms with E-state index >= 15 is 0 Å². The number of carboxylic acids is 1. The predicted molar refractivity (Wildman–Crippen MR) is 84.6 cm³/mol. The van der Waals surface area contributed by atoms with Gasteiger partial charge in [-0.2, -0.15) is 0 Å². The molecule has 1 aliphatic carbocycles. The molecule has 0 spiro atoms. The predicted octanol–water partition coefficient (Wildman–Crippen LogP) is 3.35. The second-order valence-corrected chi connectivity index (χ2v) is 6.67. The fourth-order valence-corrected chi connectivity index (χ4v) is 3.08. The molecule has 0 saturated heterocycles. The molecular weight excluding hydrogens is 300 g/mol. The zero-order valence-corrected chi connectivity index (χ0v) is 12.9. The Hall–Kier alpha value is -2.21. The fraction of sp³-hybridized carbons (Fsp3) is 0.312. The van der Waals surface area contributed by atoms with Crippen molar-refractivity contribution in [3.8, 4) is 0 Å². The van der Waals surface area contributed by atoms with Gasteiger partial charge in [-0.25, -0.2) is 9.78 Å². The van der Waals surface area contributed by atoms with Gasteiger partial charge >= 0.3 is 5.97 Å². The summed E-state index contributed by atoms with van der Waals surface area (Å²) < 4.78 is 0. The average molecular weight is 316 g/mol. The van der Waals surface area contributed by atoms with E-state index in [9.17, 15) is 9.59 Å². The number of carbonyl (C=O) groups excluding carboxylic acids is 1. The summed E-state index contributed by atoms with van der Waals surface area (Å²) in [7, 11) is 0. The summed E-state index contributed by atoms with van der Waals surface area (Å²) in [6.07, 6.45) is 5.05. The van der Waals surface area contributed by atoms with E-state index in [0.29, 0.717) is 10.6 Å². The van der Waals surface area contributed by atoms with Gasteiger partial charge in [0.05, 0.1) is 16.8 Å². The summed E-state index contributed by atoms with van der Waals surface area (Å²) in [6.45, 7) is 1.83. The highest BCUT2D eigenvalue weighted by atomic mass is 32.1. The minimum Gasteiger partial charge on any atom is -0.478 e. The highest BCUT2D eigenvalue weighted by molar-refractivity contribution is 7.13. The molecule has 6 heteroatoms. The number of carbonyl (C=O) groups is 2. The number of aromatic carboxylic acids is 1. The molecule has 1 heterocycles. The van der Waals surface area contributed by atoms with E-state index in [0.717, 1.165) is 22.9 Å². The normalized spacial score (nSPS) is 13.9. The number of carboxylic acid groups (broad SMARTS) is 1. The minimum atomic E-state index is -1.01. The molecule has 1 amide bonds. The number of aryl methyl sites for hydroxylation is 1. The minimum absolute atomic E-state index is 0.152. The number of hydrogen-bond donors (Lipinski definition) is 2. The lowest BCUT2D eigenvalue weighted by Gasteiger charge is -2.08. The third-order valence-corrected chi connectivity index (χ3v) is 4.69. The molecule has 5 nitrogen and oxygen atoms in total. The van der Waals surface area contributed by atoms with Gasteiger partial charge in [0, 0.05) is 12.1 Å². The van der Waals surface area contributed by atoms with Gasteiger partial charge in [0.1, 0.15) is 4.88 Å². The number of nitrogens with one attached hydrogen (secondary N) is 1. The summed E-state index contributed by atoms with van der Waals surface area (Å²) in [5.74, 6) is -0.526. The van der Waals surface area contributed by atoms with Gasteiger partial charge in [-0.15, -0.1) is 11.3 Å². The van der Waals surface area contributed by atoms with E-state index in [1.807, 2.05) is 6.92 Å². The molecule has 0 unspecified atom stereocenters. The lowest BCUT2D eigenvalue weighted by atomic mass is 10.1. The maximum Gasteiger partial charge on any atom is 0.335 e. The van der Waals surface area contributed by atoms with Crippen molar-refractivity contribution in [2.24, 2.45) is 5.92 Å². The van der Waals surface area contributed by atoms with Crippen LogP contribution in [0.25, 0.3) is 0 Å². The van der Waals surface area contributed by atoms with Crippen LogP contribution in [-0.4, -0.2) is 22.0 Å². The lowest BCUT2D eigenvalue weighted by molar-refractivity contribution is 0.0696. The number of aromatic nitrogens is 1. The molecule has 2 aromatic rings. The second-order valence-electron chi connectivity index (χ2n) is 5.55. The van der Waals surface area contributed by atoms with Crippen LogP contribution in [0.4, 0.5) is 5.69 Å². The van der Waals surface area contributed by atoms with Crippen LogP contribution < -0.4 is 5.32 Å². The standard InChI is InChI=1S/C16H16N2O3S/c1-9-2-5-11(16(20)21)7-12(9)18-15(19)13-8-17-14(22-13)6-10-3-4-10/h2,5,7-8,10H,3-4,6H2,1H3,(H,18,19)(H,20,21). The molecule has 0 atom stereocenters. The third-order valence-electron chi connectivity index (χ3n) is 3.67. The van der Waals surface area contributed by atoms with Crippen molar-refractivity contribution in [1.29, 1.82) is 0 Å². The monoisotopic (exact) mass is 316 g/mol. The smallest absolute Gasteiger partial charge is 0.335 e. The molecule has 22 heavy (non-hydrogen) atoms. The lowest BCUT2D eigenvalue weighted by Crippen LogP contribution is -2.12. The summed E-state index contributed by atoms with van der Waals surface area (Å²) in [5.41, 5.74) is 1.49. The first kappa shape index (κ1) is 14.7. The van der Waals surface area contributed by atoms with Crippen molar-refractivity contribution in [2.45, 2.75) is 26.2 Å². The van der Waals surface area contributed by atoms with Crippen LogP contribution in [0.2, 0.25) is 0 Å². The van der Waals surface area contributed by atoms with E-state index in [4.69, 9.17) is 5.11 Å². The number of anilines is 1. The summed E-state index contributed by atoms with van der Waals surface area (Å²) in [6, 6.07) is 4.68. The van der Waals surface area contributed by atoms with Gasteiger partial charge in [0.25, 0.3) is 5.91 Å². The molecule has 0 radical (unpaired) electrons. The van der Waals surface area contributed by atoms with E-state index in [-0.39, 0.29) is 11.5 Å². The Morgan fingerprint density at radius 2 is 2.18 bits per heavy atom. The Morgan fingerprint density at radius 1 is 1.41 bits per heavy atom. The van der Waals surface area contributed by atoms with Crippen molar-refractivity contribution in [3.63, 3.8) is 0 Å². The SMILES string of the molecule is Cc1ccc(C(=O)O)cc1NC(=O)c1cnc(CC2CC2)s1. The summed E-state index contributed by atoms with van der Waals surface area (Å²) in [4.78, 5) is 28.1. The van der Waals surface area contributed by atoms with Gasteiger partial charge in [0.2, 0.25) is 0 Å². The summed E-state index contributed by atoms with van der Waals surface area (Å²) >= 11 is 1.41. The topological polar surface area (TPSA) is 79.3 Å². The number of benzene rings is 1. The highest BCUT2D eigenvalue weighted by Crippen LogP contribution is 2.33. The molecule has 1 aromatic heterocycles. The highest BCUT2D eigenvalue weighted by Gasteiger charge is 2.23. The van der Waals surface area contributed by atoms with Crippen molar-refractivity contribution in [2.75, 3.05) is 5.32 Å². The molecule has 1 saturated carbocycles. The van der Waals surface area contributed by atoms with E-state index in [1.54, 1.807) is 12.3 Å². The number of nitrogens with zero attached hydrogens (tertiary/aromatic N) is 1. The molecule has 0 bridgehead atoms. The first-order valence-electron chi connectivity index (χ1n) is 7.13. The molecule has 114 valence electrons. The van der Waals surface area contributed by atoms with Gasteiger partial charge in [0.15, 0.2) is 0 Å². The fourth-order valence-electron chi connectivity index (χ4n) is 2.15.